The van der Waals surface area contributed by atoms with Gasteiger partial charge in [-0.1, -0.05) is 5.16 Å². The summed E-state index contributed by atoms with van der Waals surface area (Å²) in [5.41, 5.74) is 6.12. The van der Waals surface area contributed by atoms with Crippen LogP contribution in [0.1, 0.15) is 17.2 Å². The first-order valence-corrected chi connectivity index (χ1v) is 6.52. The van der Waals surface area contributed by atoms with Crippen LogP contribution >= 0.6 is 0 Å². The molecular formula is C14H18N4O3. The van der Waals surface area contributed by atoms with E-state index in [-0.39, 0.29) is 5.84 Å². The number of oxazole rings is 1. The van der Waals surface area contributed by atoms with Crippen molar-refractivity contribution in [3.63, 3.8) is 0 Å². The van der Waals surface area contributed by atoms with Gasteiger partial charge in [-0.25, -0.2) is 4.98 Å². The Labute approximate surface area is 122 Å². The fourth-order valence-electron chi connectivity index (χ4n) is 1.70. The number of nitrogens with one attached hydrogen (secondary N) is 1. The molecule has 0 saturated carbocycles. The number of benzene rings is 1. The molecular weight excluding hydrogens is 272 g/mol. The molecule has 1 heterocycles. The molecule has 21 heavy (non-hydrogen) atoms. The lowest BCUT2D eigenvalue weighted by Gasteiger charge is -2.07. The van der Waals surface area contributed by atoms with Gasteiger partial charge in [-0.2, -0.15) is 0 Å². The fraction of sp³-hybridized carbons (Fsp3) is 0.286. The minimum absolute atomic E-state index is 0.0736. The summed E-state index contributed by atoms with van der Waals surface area (Å²) in [6, 6.07) is 7.00. The number of aromatic nitrogens is 1. The number of amidine groups is 1. The molecule has 0 aliphatic rings. The van der Waals surface area contributed by atoms with Crippen LogP contribution in [0, 0.1) is 6.92 Å². The lowest BCUT2D eigenvalue weighted by Crippen LogP contribution is -2.20. The van der Waals surface area contributed by atoms with Gasteiger partial charge < -0.3 is 25.4 Å². The van der Waals surface area contributed by atoms with Crippen molar-refractivity contribution in [2.24, 2.45) is 10.9 Å². The van der Waals surface area contributed by atoms with Crippen LogP contribution in [-0.2, 0) is 6.54 Å². The van der Waals surface area contributed by atoms with E-state index >= 15 is 0 Å². The van der Waals surface area contributed by atoms with Gasteiger partial charge in [0.1, 0.15) is 18.1 Å². The van der Waals surface area contributed by atoms with Crippen LogP contribution in [0.3, 0.4) is 0 Å². The largest absolute Gasteiger partial charge is 0.492 e. The Morgan fingerprint density at radius 2 is 2.19 bits per heavy atom. The Hall–Kier alpha value is -2.54. The predicted molar refractivity (Wildman–Crippen MR) is 77.4 cm³/mol. The molecule has 1 aromatic heterocycles. The zero-order valence-electron chi connectivity index (χ0n) is 11.7. The lowest BCUT2D eigenvalue weighted by atomic mass is 10.2. The Kier molecular flexibility index (Phi) is 5.16. The molecule has 1 aromatic carbocycles. The maximum absolute atomic E-state index is 8.56. The van der Waals surface area contributed by atoms with Gasteiger partial charge in [-0.3, -0.25) is 0 Å². The maximum atomic E-state index is 8.56. The summed E-state index contributed by atoms with van der Waals surface area (Å²) in [5, 5.41) is 14.7. The third-order valence-electron chi connectivity index (χ3n) is 2.75. The second-order valence-electron chi connectivity index (χ2n) is 4.40. The van der Waals surface area contributed by atoms with Gasteiger partial charge in [0.15, 0.2) is 5.84 Å². The molecule has 0 amide bonds. The highest BCUT2D eigenvalue weighted by molar-refractivity contribution is 5.97. The van der Waals surface area contributed by atoms with Crippen molar-refractivity contribution in [1.82, 2.24) is 10.3 Å². The van der Waals surface area contributed by atoms with E-state index in [0.29, 0.717) is 31.2 Å². The summed E-state index contributed by atoms with van der Waals surface area (Å²) in [4.78, 5) is 4.09. The number of ether oxygens (including phenoxy) is 1. The Morgan fingerprint density at radius 1 is 1.43 bits per heavy atom. The second-order valence-corrected chi connectivity index (χ2v) is 4.40. The molecule has 0 fully saturated rings. The summed E-state index contributed by atoms with van der Waals surface area (Å²) in [5.74, 6) is 2.26. The molecule has 0 aliphatic carbocycles. The monoisotopic (exact) mass is 290 g/mol. The van der Waals surface area contributed by atoms with E-state index in [2.05, 4.69) is 15.5 Å². The van der Waals surface area contributed by atoms with Crippen molar-refractivity contribution in [2.45, 2.75) is 13.5 Å². The van der Waals surface area contributed by atoms with Crippen LogP contribution in [0.4, 0.5) is 0 Å². The van der Waals surface area contributed by atoms with Crippen LogP contribution in [0.2, 0.25) is 0 Å². The van der Waals surface area contributed by atoms with E-state index < -0.39 is 0 Å². The number of rotatable bonds is 7. The molecule has 0 unspecified atom stereocenters. The topological polar surface area (TPSA) is 106 Å². The minimum atomic E-state index is 0.0736. The van der Waals surface area contributed by atoms with Gasteiger partial charge in [-0.15, -0.1) is 0 Å². The molecule has 4 N–H and O–H groups in total. The number of aryl methyl sites for hydroxylation is 1. The van der Waals surface area contributed by atoms with Crippen molar-refractivity contribution >= 4 is 5.84 Å². The Morgan fingerprint density at radius 3 is 2.81 bits per heavy atom. The average molecular weight is 290 g/mol. The highest BCUT2D eigenvalue weighted by Gasteiger charge is 2.01. The molecule has 112 valence electrons. The minimum Gasteiger partial charge on any atom is -0.492 e. The number of nitrogens with two attached hydrogens (primary N) is 1. The van der Waals surface area contributed by atoms with Crippen molar-refractivity contribution in [3.05, 3.63) is 47.7 Å². The van der Waals surface area contributed by atoms with Crippen LogP contribution in [0.25, 0.3) is 0 Å². The quantitative estimate of drug-likeness (QED) is 0.233. The summed E-state index contributed by atoms with van der Waals surface area (Å²) in [6.07, 6.45) is 1.69. The standard InChI is InChI=1S/C14H18N4O3/c1-10-8-17-13(21-10)9-16-6-7-20-12-4-2-11(3-5-12)14(15)18-19/h2-5,8,16,19H,6-7,9H2,1H3,(H2,15,18). The molecule has 2 aromatic rings. The molecule has 7 nitrogen and oxygen atoms in total. The van der Waals surface area contributed by atoms with Crippen LogP contribution in [0.5, 0.6) is 5.75 Å². The van der Waals surface area contributed by atoms with Gasteiger partial charge in [0.2, 0.25) is 5.89 Å². The summed E-state index contributed by atoms with van der Waals surface area (Å²) in [7, 11) is 0. The average Bonchev–Trinajstić information content (AvgIpc) is 2.92. The van der Waals surface area contributed by atoms with E-state index in [0.717, 1.165) is 11.5 Å². The van der Waals surface area contributed by atoms with E-state index in [1.165, 1.54) is 0 Å². The first-order valence-electron chi connectivity index (χ1n) is 6.52. The molecule has 0 aliphatic heterocycles. The number of hydrogen-bond acceptors (Lipinski definition) is 6. The molecule has 0 radical (unpaired) electrons. The van der Waals surface area contributed by atoms with Crippen molar-refractivity contribution < 1.29 is 14.4 Å². The molecule has 7 heteroatoms. The van der Waals surface area contributed by atoms with Crippen molar-refractivity contribution in [1.29, 1.82) is 0 Å². The number of oxime groups is 1. The predicted octanol–water partition coefficient (Wildman–Crippen LogP) is 1.25. The molecule has 2 rings (SSSR count). The van der Waals surface area contributed by atoms with Gasteiger partial charge in [0.25, 0.3) is 0 Å². The van der Waals surface area contributed by atoms with Crippen molar-refractivity contribution in [3.8, 4) is 5.75 Å². The molecule has 0 atom stereocenters. The summed E-state index contributed by atoms with van der Waals surface area (Å²) < 4.78 is 10.9. The van der Waals surface area contributed by atoms with Crippen molar-refractivity contribution in [2.75, 3.05) is 13.2 Å². The van der Waals surface area contributed by atoms with Gasteiger partial charge >= 0.3 is 0 Å². The highest BCUT2D eigenvalue weighted by atomic mass is 16.5. The second kappa shape index (κ2) is 7.30. The smallest absolute Gasteiger partial charge is 0.208 e. The molecule has 0 spiro atoms. The van der Waals surface area contributed by atoms with Crippen LogP contribution < -0.4 is 15.8 Å². The number of nitrogens with zero attached hydrogens (tertiary/aromatic N) is 2. The first-order chi connectivity index (χ1) is 10.2. The maximum Gasteiger partial charge on any atom is 0.208 e. The number of hydrogen-bond donors (Lipinski definition) is 3. The summed E-state index contributed by atoms with van der Waals surface area (Å²) >= 11 is 0. The van der Waals surface area contributed by atoms with E-state index in [1.807, 2.05) is 6.92 Å². The van der Waals surface area contributed by atoms with E-state index in [9.17, 15) is 0 Å². The summed E-state index contributed by atoms with van der Waals surface area (Å²) in [6.45, 7) is 3.61. The molecule has 0 saturated heterocycles. The third-order valence-corrected chi connectivity index (χ3v) is 2.75. The first kappa shape index (κ1) is 14.9. The fourth-order valence-corrected chi connectivity index (χ4v) is 1.70. The van der Waals surface area contributed by atoms with Crippen LogP contribution in [-0.4, -0.2) is 29.2 Å². The zero-order valence-corrected chi connectivity index (χ0v) is 11.7. The Bertz CT molecular complexity index is 593. The molecule has 0 bridgehead atoms. The lowest BCUT2D eigenvalue weighted by molar-refractivity contribution is 0.309. The normalized spacial score (nSPS) is 11.6. The highest BCUT2D eigenvalue weighted by Crippen LogP contribution is 2.11. The van der Waals surface area contributed by atoms with E-state index in [4.69, 9.17) is 20.1 Å². The van der Waals surface area contributed by atoms with Gasteiger partial charge in [0.05, 0.1) is 12.7 Å². The van der Waals surface area contributed by atoms with Crippen LogP contribution in [0.15, 0.2) is 40.0 Å². The zero-order chi connectivity index (χ0) is 15.1. The van der Waals surface area contributed by atoms with Gasteiger partial charge in [-0.05, 0) is 31.2 Å². The Balaban J connectivity index is 1.69. The SMILES string of the molecule is Cc1cnc(CNCCOc2ccc(/C(N)=N/O)cc2)o1. The van der Waals surface area contributed by atoms with Gasteiger partial charge in [0, 0.05) is 12.1 Å². The van der Waals surface area contributed by atoms with E-state index in [1.54, 1.807) is 30.5 Å². The third kappa shape index (κ3) is 4.50.